The van der Waals surface area contributed by atoms with Gasteiger partial charge in [0.1, 0.15) is 18.3 Å². The summed E-state index contributed by atoms with van der Waals surface area (Å²) in [4.78, 5) is 0. The Kier molecular flexibility index (Phi) is 2.08. The maximum absolute atomic E-state index is 9.60. The topological polar surface area (TPSA) is 68.2 Å². The Morgan fingerprint density at radius 3 is 2.54 bits per heavy atom. The molecule has 0 radical (unpaired) electrons. The molecule has 13 heavy (non-hydrogen) atoms. The molecule has 2 aliphatic heterocycles. The largest absolute Gasteiger partial charge is 0.394 e. The van der Waals surface area contributed by atoms with Gasteiger partial charge in [0.25, 0.3) is 0 Å². The Hall–Kier alpha value is -0.200. The van der Waals surface area contributed by atoms with Crippen molar-refractivity contribution in [2.45, 2.75) is 44.2 Å². The molecule has 4 atom stereocenters. The van der Waals surface area contributed by atoms with E-state index in [4.69, 9.17) is 19.3 Å². The first-order valence-electron chi connectivity index (χ1n) is 4.33. The van der Waals surface area contributed by atoms with Crippen molar-refractivity contribution >= 4 is 0 Å². The summed E-state index contributed by atoms with van der Waals surface area (Å²) in [6.45, 7) is 3.30. The van der Waals surface area contributed by atoms with Crippen molar-refractivity contribution in [3.8, 4) is 0 Å². The van der Waals surface area contributed by atoms with Crippen molar-refractivity contribution < 1.29 is 24.4 Å². The molecule has 0 amide bonds. The summed E-state index contributed by atoms with van der Waals surface area (Å²) in [5.74, 6) is -0.712. The van der Waals surface area contributed by atoms with Gasteiger partial charge >= 0.3 is 0 Å². The average molecular weight is 190 g/mol. The van der Waals surface area contributed by atoms with Gasteiger partial charge in [-0.05, 0) is 13.8 Å². The number of hydrogen-bond acceptors (Lipinski definition) is 5. The van der Waals surface area contributed by atoms with E-state index >= 15 is 0 Å². The van der Waals surface area contributed by atoms with E-state index in [-0.39, 0.29) is 6.61 Å². The Morgan fingerprint density at radius 1 is 1.31 bits per heavy atom. The third-order valence-corrected chi connectivity index (χ3v) is 2.29. The average Bonchev–Trinajstić information content (AvgIpc) is 2.47. The van der Waals surface area contributed by atoms with Crippen LogP contribution in [-0.4, -0.2) is 47.2 Å². The minimum atomic E-state index is -0.809. The molecule has 0 spiro atoms. The third kappa shape index (κ3) is 1.47. The highest BCUT2D eigenvalue weighted by Gasteiger charge is 2.53. The van der Waals surface area contributed by atoms with Gasteiger partial charge < -0.3 is 24.4 Å². The highest BCUT2D eigenvalue weighted by molar-refractivity contribution is 4.92. The molecule has 0 aromatic rings. The van der Waals surface area contributed by atoms with Crippen LogP contribution >= 0.6 is 0 Å². The predicted molar refractivity (Wildman–Crippen MR) is 41.8 cm³/mol. The van der Waals surface area contributed by atoms with E-state index < -0.39 is 30.4 Å². The van der Waals surface area contributed by atoms with Gasteiger partial charge in [0, 0.05) is 0 Å². The third-order valence-electron chi connectivity index (χ3n) is 2.29. The zero-order chi connectivity index (χ0) is 9.64. The monoisotopic (exact) mass is 190 g/mol. The summed E-state index contributed by atoms with van der Waals surface area (Å²) in [5.41, 5.74) is 0. The first-order valence-corrected chi connectivity index (χ1v) is 4.33. The second kappa shape index (κ2) is 2.90. The van der Waals surface area contributed by atoms with Crippen molar-refractivity contribution in [2.24, 2.45) is 0 Å². The second-order valence-electron chi connectivity index (χ2n) is 3.82. The molecule has 2 heterocycles. The number of rotatable bonds is 1. The van der Waals surface area contributed by atoms with Crippen molar-refractivity contribution in [3.05, 3.63) is 0 Å². The van der Waals surface area contributed by atoms with Crippen LogP contribution in [0, 0.1) is 0 Å². The highest BCUT2D eigenvalue weighted by Crippen LogP contribution is 2.36. The molecular formula is C8H14O5. The van der Waals surface area contributed by atoms with E-state index in [2.05, 4.69) is 0 Å². The number of aliphatic hydroxyl groups is 2. The van der Waals surface area contributed by atoms with Crippen LogP contribution in [-0.2, 0) is 14.2 Å². The standard InChI is InChI=1S/C8H14O5/c1-8(2)12-6-5(10)4(3-9)11-7(6)13-8/h4-7,9-10H,3H2,1-2H3/t4-,5-,6-,7-/m0/s1. The van der Waals surface area contributed by atoms with Gasteiger partial charge in [0.05, 0.1) is 6.61 Å². The number of ether oxygens (including phenoxy) is 3. The maximum Gasteiger partial charge on any atom is 0.190 e. The number of aliphatic hydroxyl groups excluding tert-OH is 2. The molecule has 2 N–H and O–H groups in total. The molecule has 2 saturated heterocycles. The van der Waals surface area contributed by atoms with Gasteiger partial charge in [0.2, 0.25) is 0 Å². The van der Waals surface area contributed by atoms with E-state index in [1.807, 2.05) is 0 Å². The van der Waals surface area contributed by atoms with E-state index in [1.54, 1.807) is 13.8 Å². The summed E-state index contributed by atoms with van der Waals surface area (Å²) in [5, 5.41) is 18.4. The van der Waals surface area contributed by atoms with Gasteiger partial charge in [0.15, 0.2) is 12.1 Å². The van der Waals surface area contributed by atoms with Gasteiger partial charge in [-0.2, -0.15) is 0 Å². The molecule has 76 valence electrons. The fourth-order valence-electron chi connectivity index (χ4n) is 1.71. The van der Waals surface area contributed by atoms with Crippen molar-refractivity contribution in [1.29, 1.82) is 0 Å². The molecule has 5 nitrogen and oxygen atoms in total. The van der Waals surface area contributed by atoms with Crippen molar-refractivity contribution in [3.63, 3.8) is 0 Å². The zero-order valence-electron chi connectivity index (χ0n) is 7.64. The molecule has 0 unspecified atom stereocenters. The van der Waals surface area contributed by atoms with Gasteiger partial charge in [-0.15, -0.1) is 0 Å². The fraction of sp³-hybridized carbons (Fsp3) is 1.00. The van der Waals surface area contributed by atoms with Crippen LogP contribution in [0.15, 0.2) is 0 Å². The van der Waals surface area contributed by atoms with Crippen LogP contribution in [0.3, 0.4) is 0 Å². The molecule has 5 heteroatoms. The minimum Gasteiger partial charge on any atom is -0.394 e. The first-order chi connectivity index (χ1) is 6.03. The van der Waals surface area contributed by atoms with E-state index in [1.165, 1.54) is 0 Å². The lowest BCUT2D eigenvalue weighted by Crippen LogP contribution is -2.36. The van der Waals surface area contributed by atoms with Gasteiger partial charge in [-0.3, -0.25) is 0 Å². The predicted octanol–water partition coefficient (Wildman–Crippen LogP) is -0.784. The lowest BCUT2D eigenvalue weighted by Gasteiger charge is -2.21. The lowest BCUT2D eigenvalue weighted by atomic mass is 10.1. The quantitative estimate of drug-likeness (QED) is 0.567. The van der Waals surface area contributed by atoms with E-state index in [9.17, 15) is 5.11 Å². The van der Waals surface area contributed by atoms with Crippen LogP contribution in [0.1, 0.15) is 13.8 Å². The Bertz CT molecular complexity index is 205. The number of hydrogen-bond donors (Lipinski definition) is 2. The Labute approximate surface area is 76.2 Å². The van der Waals surface area contributed by atoms with E-state index in [0.717, 1.165) is 0 Å². The molecule has 2 fully saturated rings. The van der Waals surface area contributed by atoms with E-state index in [0.29, 0.717) is 0 Å². The SMILES string of the molecule is CC1(C)O[C@@H]2O[C@@H](CO)[C@H](O)[C@@H]2O1. The molecule has 0 saturated carbocycles. The first kappa shape index (κ1) is 9.36. The lowest BCUT2D eigenvalue weighted by molar-refractivity contribution is -0.218. The molecule has 0 aromatic carbocycles. The molecule has 0 aromatic heterocycles. The summed E-state index contributed by atoms with van der Waals surface area (Å²) in [6, 6.07) is 0. The summed E-state index contributed by atoms with van der Waals surface area (Å²) >= 11 is 0. The van der Waals surface area contributed by atoms with Crippen LogP contribution < -0.4 is 0 Å². The Balaban J connectivity index is 2.07. The summed E-state index contributed by atoms with van der Waals surface area (Å²) < 4.78 is 16.0. The highest BCUT2D eigenvalue weighted by atomic mass is 16.8. The molecule has 0 bridgehead atoms. The normalized spacial score (nSPS) is 48.0. The van der Waals surface area contributed by atoms with Crippen molar-refractivity contribution in [1.82, 2.24) is 0 Å². The molecule has 2 rings (SSSR count). The maximum atomic E-state index is 9.60. The Morgan fingerprint density at radius 2 is 2.00 bits per heavy atom. The van der Waals surface area contributed by atoms with Gasteiger partial charge in [-0.25, -0.2) is 0 Å². The summed E-state index contributed by atoms with van der Waals surface area (Å²) in [7, 11) is 0. The smallest absolute Gasteiger partial charge is 0.190 e. The fourth-order valence-corrected chi connectivity index (χ4v) is 1.71. The van der Waals surface area contributed by atoms with Crippen LogP contribution in [0.4, 0.5) is 0 Å². The van der Waals surface area contributed by atoms with Crippen molar-refractivity contribution in [2.75, 3.05) is 6.61 Å². The van der Waals surface area contributed by atoms with Crippen LogP contribution in [0.2, 0.25) is 0 Å². The summed E-state index contributed by atoms with van der Waals surface area (Å²) in [6.07, 6.45) is -2.43. The number of fused-ring (bicyclic) bond motifs is 1. The zero-order valence-corrected chi connectivity index (χ0v) is 7.64. The second-order valence-corrected chi connectivity index (χ2v) is 3.82. The van der Waals surface area contributed by atoms with Crippen LogP contribution in [0.25, 0.3) is 0 Å². The molecular weight excluding hydrogens is 176 g/mol. The minimum absolute atomic E-state index is 0.221. The molecule has 2 aliphatic rings. The molecule has 0 aliphatic carbocycles. The van der Waals surface area contributed by atoms with Crippen LogP contribution in [0.5, 0.6) is 0 Å². The van der Waals surface area contributed by atoms with Gasteiger partial charge in [-0.1, -0.05) is 0 Å².